The zero-order valence-corrected chi connectivity index (χ0v) is 43.2. The third-order valence-electron chi connectivity index (χ3n) is 15.1. The third kappa shape index (κ3) is 12.5. The lowest BCUT2D eigenvalue weighted by molar-refractivity contribution is -0.146. The molecule has 5 amide bonds. The van der Waals surface area contributed by atoms with Crippen molar-refractivity contribution in [2.45, 2.75) is 167 Å². The van der Waals surface area contributed by atoms with Crippen LogP contribution in [-0.4, -0.2) is 125 Å². The number of carbonyl (C=O) groups excluding carboxylic acids is 5. The molecule has 0 bridgehead atoms. The van der Waals surface area contributed by atoms with Crippen LogP contribution in [0.1, 0.15) is 136 Å². The zero-order valence-electron chi connectivity index (χ0n) is 43.2. The van der Waals surface area contributed by atoms with Gasteiger partial charge in [0.05, 0.1) is 24.7 Å². The third-order valence-corrected chi connectivity index (χ3v) is 15.1. The number of rotatable bonds is 16. The van der Waals surface area contributed by atoms with E-state index in [4.69, 9.17) is 0 Å². The van der Waals surface area contributed by atoms with Crippen molar-refractivity contribution in [1.82, 2.24) is 47.0 Å². The summed E-state index contributed by atoms with van der Waals surface area (Å²) in [5.74, 6) is -1.73. The molecule has 1 saturated heterocycles. The summed E-state index contributed by atoms with van der Waals surface area (Å²) < 4.78 is 0. The van der Waals surface area contributed by atoms with Crippen LogP contribution in [-0.2, 0) is 45.0 Å². The van der Waals surface area contributed by atoms with E-state index in [0.717, 1.165) is 60.8 Å². The number of nitrogens with one attached hydrogen (secondary N) is 7. The lowest BCUT2D eigenvalue weighted by Gasteiger charge is -2.44. The molecule has 71 heavy (non-hydrogen) atoms. The molecule has 16 nitrogen and oxygen atoms in total. The highest BCUT2D eigenvalue weighted by Gasteiger charge is 2.47. The van der Waals surface area contributed by atoms with Crippen molar-refractivity contribution >= 4 is 29.5 Å². The number of carbonyl (C=O) groups is 5. The molecule has 0 radical (unpaired) electrons. The monoisotopic (exact) mass is 978 g/mol. The minimum atomic E-state index is -1.15. The number of likely N-dealkylation sites (tertiary alicyclic amines) is 1. The Labute approximate surface area is 420 Å². The summed E-state index contributed by atoms with van der Waals surface area (Å²) >= 11 is 0. The van der Waals surface area contributed by atoms with Crippen LogP contribution in [0.5, 0.6) is 0 Å². The molecule has 10 atom stereocenters. The number of likely N-dealkylation sites (N-methyl/N-ethyl adjacent to an activating group) is 2. The predicted octanol–water partition coefficient (Wildman–Crippen LogP) is 3.50. The number of benzene rings is 3. The summed E-state index contributed by atoms with van der Waals surface area (Å²) in [5.41, 5.74) is 5.30. The molecule has 2 aliphatic carbocycles. The normalized spacial score (nSPS) is 23.2. The molecule has 4 aliphatic rings. The number of aryl methyl sites for hydroxylation is 2. The fourth-order valence-corrected chi connectivity index (χ4v) is 11.0. The second-order valence-electron chi connectivity index (χ2n) is 22.4. The minimum Gasteiger partial charge on any atom is -0.376 e. The van der Waals surface area contributed by atoms with Crippen LogP contribution >= 0.6 is 0 Å². The molecule has 9 unspecified atom stereocenters. The first-order chi connectivity index (χ1) is 33.7. The SMILES string of the molecule is CNCC(=O)NC(C(=O)N1CC(NC(=O)c2ccc3c(c2)CN(C(=O)C(NC(=O)[C@H](C)NC)C(C)(C)C)C(C(O)NC2CCCc4ccccc42)C3)CC1C(O)NC1CCCc2ccccc21)C(C)(C)C. The maximum atomic E-state index is 15.0. The Kier molecular flexibility index (Phi) is 17.1. The average Bonchev–Trinajstić information content (AvgIpc) is 3.77. The Morgan fingerprint density at radius 3 is 1.80 bits per heavy atom. The summed E-state index contributed by atoms with van der Waals surface area (Å²) in [4.78, 5) is 73.7. The quantitative estimate of drug-likeness (QED) is 0.0948. The maximum absolute atomic E-state index is 15.0. The molecule has 7 rings (SSSR count). The lowest BCUT2D eigenvalue weighted by Crippen LogP contribution is -2.63. The van der Waals surface area contributed by atoms with Gasteiger partial charge in [0.25, 0.3) is 5.91 Å². The average molecular weight is 978 g/mol. The summed E-state index contributed by atoms with van der Waals surface area (Å²) in [7, 11) is 3.35. The zero-order chi connectivity index (χ0) is 51.4. The number of nitrogens with zero attached hydrogens (tertiary/aromatic N) is 2. The van der Waals surface area contributed by atoms with E-state index in [1.54, 1.807) is 43.0 Å². The van der Waals surface area contributed by atoms with Crippen molar-refractivity contribution in [3.8, 4) is 0 Å². The second kappa shape index (κ2) is 22.7. The molecule has 9 N–H and O–H groups in total. The van der Waals surface area contributed by atoms with Crippen LogP contribution in [0.15, 0.2) is 66.7 Å². The van der Waals surface area contributed by atoms with Crippen molar-refractivity contribution in [1.29, 1.82) is 0 Å². The van der Waals surface area contributed by atoms with E-state index in [2.05, 4.69) is 61.5 Å². The second-order valence-corrected chi connectivity index (χ2v) is 22.4. The van der Waals surface area contributed by atoms with E-state index in [9.17, 15) is 29.4 Å². The number of hydrogen-bond donors (Lipinski definition) is 9. The largest absolute Gasteiger partial charge is 0.376 e. The Morgan fingerprint density at radius 1 is 0.690 bits per heavy atom. The standard InChI is InChI=1S/C55H79N9O7/c1-32(57-9)48(66)62-47(55(5,6)7)53(71)63-30-37-26-36(25-24-35(37)27-43(63)50(68)59-41-22-14-18-33-16-10-12-20-39(33)41)49(67)58-38-28-44(51(69)60-42-23-15-19-34-17-11-13-21-40(34)42)64(31-38)52(70)46(54(2,3)4)61-45(65)29-56-8/h10-13,16-17,20-21,24-26,32,38,41-44,46-47,50-51,56-57,59-60,68-69H,14-15,18-19,22-23,27-31H2,1-9H3,(H,58,67)(H,61,65)(H,62,66)/t32-,38?,41?,42?,43?,44?,46?,47?,50?,51?/m0/s1. The summed E-state index contributed by atoms with van der Waals surface area (Å²) in [6.45, 7) is 13.3. The van der Waals surface area contributed by atoms with Gasteiger partial charge in [0.15, 0.2) is 0 Å². The molecule has 16 heteroatoms. The van der Waals surface area contributed by atoms with E-state index >= 15 is 4.79 Å². The number of aliphatic hydroxyl groups is 2. The first-order valence-corrected chi connectivity index (χ1v) is 25.7. The van der Waals surface area contributed by atoms with E-state index < -0.39 is 59.5 Å². The van der Waals surface area contributed by atoms with Crippen LogP contribution in [0.2, 0.25) is 0 Å². The van der Waals surface area contributed by atoms with Gasteiger partial charge >= 0.3 is 0 Å². The van der Waals surface area contributed by atoms with E-state index in [1.165, 1.54) is 11.1 Å². The Hall–Kier alpha value is -5.23. The number of aliphatic hydroxyl groups excluding tert-OH is 2. The number of hydrogen-bond acceptors (Lipinski definition) is 11. The van der Waals surface area contributed by atoms with Gasteiger partial charge in [0, 0.05) is 36.8 Å². The lowest BCUT2D eigenvalue weighted by atomic mass is 9.83. The summed E-state index contributed by atoms with van der Waals surface area (Å²) in [5, 5.41) is 46.0. The highest BCUT2D eigenvalue weighted by Crippen LogP contribution is 2.35. The van der Waals surface area contributed by atoms with Gasteiger partial charge in [-0.05, 0) is 129 Å². The Bertz CT molecular complexity index is 2400. The summed E-state index contributed by atoms with van der Waals surface area (Å²) in [6.07, 6.45) is 3.73. The fraction of sp³-hybridized carbons (Fsp3) is 0.582. The molecule has 3 aromatic carbocycles. The van der Waals surface area contributed by atoms with Crippen molar-refractivity contribution in [3.05, 3.63) is 106 Å². The maximum Gasteiger partial charge on any atom is 0.251 e. The molecule has 2 heterocycles. The van der Waals surface area contributed by atoms with Gasteiger partial charge in [0.2, 0.25) is 23.6 Å². The number of fused-ring (bicyclic) bond motifs is 3. The van der Waals surface area contributed by atoms with Gasteiger partial charge in [0.1, 0.15) is 24.5 Å². The first kappa shape index (κ1) is 53.6. The predicted molar refractivity (Wildman–Crippen MR) is 274 cm³/mol. The fourth-order valence-electron chi connectivity index (χ4n) is 11.0. The Morgan fingerprint density at radius 2 is 1.24 bits per heavy atom. The molecule has 386 valence electrons. The smallest absolute Gasteiger partial charge is 0.251 e. The topological polar surface area (TPSA) is 216 Å². The van der Waals surface area contributed by atoms with E-state index in [0.29, 0.717) is 12.0 Å². The van der Waals surface area contributed by atoms with Gasteiger partial charge in [-0.3, -0.25) is 34.6 Å². The van der Waals surface area contributed by atoms with E-state index in [-0.39, 0.29) is 67.7 Å². The highest BCUT2D eigenvalue weighted by molar-refractivity contribution is 5.95. The van der Waals surface area contributed by atoms with Gasteiger partial charge in [-0.15, -0.1) is 0 Å². The van der Waals surface area contributed by atoms with Crippen molar-refractivity contribution in [2.75, 3.05) is 27.2 Å². The number of amides is 5. The molecule has 0 saturated carbocycles. The molecule has 2 aliphatic heterocycles. The van der Waals surface area contributed by atoms with Crippen molar-refractivity contribution in [2.24, 2.45) is 10.8 Å². The molecular weight excluding hydrogens is 899 g/mol. The minimum absolute atomic E-state index is 0.0250. The summed E-state index contributed by atoms with van der Waals surface area (Å²) in [6, 6.07) is 17.2. The molecule has 0 spiro atoms. The van der Waals surface area contributed by atoms with Gasteiger partial charge in [-0.1, -0.05) is 96.1 Å². The van der Waals surface area contributed by atoms with Crippen LogP contribution in [0.4, 0.5) is 0 Å². The highest BCUT2D eigenvalue weighted by atomic mass is 16.3. The van der Waals surface area contributed by atoms with Crippen molar-refractivity contribution < 1.29 is 34.2 Å². The van der Waals surface area contributed by atoms with Gasteiger partial charge in [-0.25, -0.2) is 0 Å². The van der Waals surface area contributed by atoms with Crippen LogP contribution in [0.25, 0.3) is 0 Å². The van der Waals surface area contributed by atoms with Crippen LogP contribution in [0.3, 0.4) is 0 Å². The van der Waals surface area contributed by atoms with E-state index in [1.807, 2.05) is 71.9 Å². The first-order valence-electron chi connectivity index (χ1n) is 25.7. The van der Waals surface area contributed by atoms with Gasteiger partial charge in [-0.2, -0.15) is 0 Å². The van der Waals surface area contributed by atoms with Crippen LogP contribution in [0, 0.1) is 10.8 Å². The Balaban J connectivity index is 1.15. The molecule has 1 fully saturated rings. The van der Waals surface area contributed by atoms with Crippen LogP contribution < -0.4 is 37.2 Å². The van der Waals surface area contributed by atoms with Gasteiger partial charge < -0.3 is 46.6 Å². The van der Waals surface area contributed by atoms with Crippen molar-refractivity contribution in [3.63, 3.8) is 0 Å². The molecule has 0 aromatic heterocycles. The molecule has 3 aromatic rings. The molecular formula is C55H79N9O7.